The molecular formula is C20H15ClN2O6. The molecule has 1 aliphatic rings. The Balaban J connectivity index is 1.87. The van der Waals surface area contributed by atoms with Gasteiger partial charge < -0.3 is 9.84 Å². The maximum absolute atomic E-state index is 12.8. The number of halogens is 1. The van der Waals surface area contributed by atoms with Crippen LogP contribution in [0.2, 0.25) is 5.02 Å². The Labute approximate surface area is 170 Å². The highest BCUT2D eigenvalue weighted by Gasteiger charge is 2.45. The average Bonchev–Trinajstić information content (AvgIpc) is 2.68. The molecule has 1 aliphatic heterocycles. The van der Waals surface area contributed by atoms with Crippen LogP contribution < -0.4 is 15.0 Å². The van der Waals surface area contributed by atoms with E-state index in [9.17, 15) is 24.3 Å². The number of phenolic OH excluding ortho intramolecular Hbond substituents is 1. The first kappa shape index (κ1) is 20.1. The molecule has 1 heterocycles. The molecule has 29 heavy (non-hydrogen) atoms. The fraction of sp³-hybridized carbons (Fsp3) is 0.100. The van der Waals surface area contributed by atoms with Crippen LogP contribution in [0.25, 0.3) is 6.08 Å². The van der Waals surface area contributed by atoms with Crippen molar-refractivity contribution in [2.75, 3.05) is 12.0 Å². The summed E-state index contributed by atoms with van der Waals surface area (Å²) in [4.78, 5) is 50.3. The number of para-hydroxylation sites is 1. The SMILES string of the molecule is COc1cc(/C=C/C(=O)C2C(=O)NC(=O)N(c3ccccc3Cl)C2=O)ccc1O. The maximum atomic E-state index is 12.8. The Bertz CT molecular complexity index is 1050. The molecule has 1 unspecified atom stereocenters. The number of nitrogens with one attached hydrogen (secondary N) is 1. The third kappa shape index (κ3) is 3.97. The summed E-state index contributed by atoms with van der Waals surface area (Å²) in [7, 11) is 1.37. The zero-order valence-corrected chi connectivity index (χ0v) is 15.8. The summed E-state index contributed by atoms with van der Waals surface area (Å²) in [6.45, 7) is 0. The molecule has 9 heteroatoms. The molecule has 2 aromatic carbocycles. The van der Waals surface area contributed by atoms with Crippen molar-refractivity contribution in [1.82, 2.24) is 5.32 Å². The van der Waals surface area contributed by atoms with Gasteiger partial charge in [-0.3, -0.25) is 19.7 Å². The van der Waals surface area contributed by atoms with Gasteiger partial charge in [-0.05, 0) is 35.9 Å². The van der Waals surface area contributed by atoms with Crippen LogP contribution >= 0.6 is 11.6 Å². The van der Waals surface area contributed by atoms with E-state index in [1.807, 2.05) is 5.32 Å². The monoisotopic (exact) mass is 414 g/mol. The van der Waals surface area contributed by atoms with Crippen molar-refractivity contribution in [3.8, 4) is 11.5 Å². The molecule has 0 spiro atoms. The first-order valence-corrected chi connectivity index (χ1v) is 8.73. The summed E-state index contributed by atoms with van der Waals surface area (Å²) in [6.07, 6.45) is 2.41. The van der Waals surface area contributed by atoms with Crippen LogP contribution in [0.4, 0.5) is 10.5 Å². The summed E-state index contributed by atoms with van der Waals surface area (Å²) in [5.74, 6) is -4.44. The maximum Gasteiger partial charge on any atom is 0.335 e. The molecule has 148 valence electrons. The number of carbonyl (C=O) groups is 4. The lowest BCUT2D eigenvalue weighted by molar-refractivity contribution is -0.139. The number of rotatable bonds is 5. The molecule has 0 bridgehead atoms. The van der Waals surface area contributed by atoms with E-state index in [4.69, 9.17) is 16.3 Å². The Morgan fingerprint density at radius 1 is 1.21 bits per heavy atom. The van der Waals surface area contributed by atoms with Crippen LogP contribution in [0.5, 0.6) is 11.5 Å². The highest BCUT2D eigenvalue weighted by molar-refractivity contribution is 6.39. The lowest BCUT2D eigenvalue weighted by Crippen LogP contribution is -2.60. The van der Waals surface area contributed by atoms with E-state index in [0.29, 0.717) is 10.5 Å². The lowest BCUT2D eigenvalue weighted by atomic mass is 9.98. The third-order valence-electron chi connectivity index (χ3n) is 4.18. The molecule has 0 aromatic heterocycles. The van der Waals surface area contributed by atoms with E-state index in [-0.39, 0.29) is 22.2 Å². The van der Waals surface area contributed by atoms with Crippen LogP contribution in [0, 0.1) is 5.92 Å². The summed E-state index contributed by atoms with van der Waals surface area (Å²) < 4.78 is 4.99. The van der Waals surface area contributed by atoms with Gasteiger partial charge in [0.1, 0.15) is 0 Å². The van der Waals surface area contributed by atoms with Gasteiger partial charge in [0.05, 0.1) is 17.8 Å². The minimum absolute atomic E-state index is 0.0641. The lowest BCUT2D eigenvalue weighted by Gasteiger charge is -2.29. The van der Waals surface area contributed by atoms with Crippen LogP contribution in [0.15, 0.2) is 48.5 Å². The molecule has 0 radical (unpaired) electrons. The normalized spacial score (nSPS) is 16.8. The Kier molecular flexibility index (Phi) is 5.65. The minimum atomic E-state index is -1.74. The van der Waals surface area contributed by atoms with E-state index in [1.54, 1.807) is 12.1 Å². The van der Waals surface area contributed by atoms with Crippen LogP contribution in [0.1, 0.15) is 5.56 Å². The quantitative estimate of drug-likeness (QED) is 0.574. The van der Waals surface area contributed by atoms with E-state index in [1.165, 1.54) is 43.5 Å². The number of hydrogen-bond donors (Lipinski definition) is 2. The standard InChI is InChI=1S/C20H15ClN2O6/c1-29-16-10-11(6-8-14(16)24)7-9-15(25)17-18(26)22-20(28)23(19(17)27)13-5-3-2-4-12(13)21/h2-10,17,24H,1H3,(H,22,26,28)/b9-7+. The number of allylic oxidation sites excluding steroid dienone is 1. The number of anilines is 1. The summed E-state index contributed by atoms with van der Waals surface area (Å²) in [5.41, 5.74) is 0.560. The predicted molar refractivity (Wildman–Crippen MR) is 105 cm³/mol. The third-order valence-corrected chi connectivity index (χ3v) is 4.50. The largest absolute Gasteiger partial charge is 0.504 e. The van der Waals surface area contributed by atoms with Gasteiger partial charge in [-0.1, -0.05) is 35.9 Å². The predicted octanol–water partition coefficient (Wildman–Crippen LogP) is 2.54. The molecule has 4 amide bonds. The van der Waals surface area contributed by atoms with Crippen molar-refractivity contribution in [3.63, 3.8) is 0 Å². The summed E-state index contributed by atoms with van der Waals surface area (Å²) in [6, 6.07) is 9.46. The first-order valence-electron chi connectivity index (χ1n) is 8.35. The Morgan fingerprint density at radius 3 is 2.62 bits per heavy atom. The van der Waals surface area contributed by atoms with Crippen molar-refractivity contribution in [1.29, 1.82) is 0 Å². The highest BCUT2D eigenvalue weighted by Crippen LogP contribution is 2.29. The number of nitrogens with zero attached hydrogens (tertiary/aromatic N) is 1. The number of carbonyl (C=O) groups excluding carboxylic acids is 4. The van der Waals surface area contributed by atoms with Gasteiger partial charge in [0.15, 0.2) is 23.2 Å². The van der Waals surface area contributed by atoms with Gasteiger partial charge in [-0.15, -0.1) is 0 Å². The molecule has 2 aromatic rings. The van der Waals surface area contributed by atoms with Crippen LogP contribution in [-0.4, -0.2) is 35.8 Å². The number of urea groups is 1. The number of ether oxygens (including phenoxy) is 1. The molecule has 0 aliphatic carbocycles. The average molecular weight is 415 g/mol. The fourth-order valence-corrected chi connectivity index (χ4v) is 2.98. The van der Waals surface area contributed by atoms with Crippen molar-refractivity contribution in [2.24, 2.45) is 5.92 Å². The van der Waals surface area contributed by atoms with Gasteiger partial charge in [0.25, 0.3) is 5.91 Å². The van der Waals surface area contributed by atoms with E-state index in [2.05, 4.69) is 0 Å². The number of ketones is 1. The minimum Gasteiger partial charge on any atom is -0.504 e. The molecule has 2 N–H and O–H groups in total. The van der Waals surface area contributed by atoms with Crippen LogP contribution in [-0.2, 0) is 14.4 Å². The topological polar surface area (TPSA) is 113 Å². The Morgan fingerprint density at radius 2 is 1.93 bits per heavy atom. The molecule has 1 fully saturated rings. The number of hydrogen-bond acceptors (Lipinski definition) is 6. The second-order valence-corrected chi connectivity index (χ2v) is 6.43. The molecule has 1 saturated heterocycles. The number of benzene rings is 2. The number of imide groups is 2. The van der Waals surface area contributed by atoms with E-state index in [0.717, 1.165) is 6.08 Å². The molecule has 1 atom stereocenters. The first-order chi connectivity index (χ1) is 13.8. The molecule has 8 nitrogen and oxygen atoms in total. The second-order valence-electron chi connectivity index (χ2n) is 6.02. The zero-order valence-electron chi connectivity index (χ0n) is 15.1. The van der Waals surface area contributed by atoms with E-state index < -0.39 is 29.5 Å². The van der Waals surface area contributed by atoms with Gasteiger partial charge in [0.2, 0.25) is 5.91 Å². The number of phenols is 1. The molecular weight excluding hydrogens is 400 g/mol. The summed E-state index contributed by atoms with van der Waals surface area (Å²) in [5, 5.41) is 11.7. The van der Waals surface area contributed by atoms with Gasteiger partial charge in [0, 0.05) is 0 Å². The smallest absolute Gasteiger partial charge is 0.335 e. The van der Waals surface area contributed by atoms with Crippen LogP contribution in [0.3, 0.4) is 0 Å². The number of amides is 4. The summed E-state index contributed by atoms with van der Waals surface area (Å²) >= 11 is 6.04. The van der Waals surface area contributed by atoms with E-state index >= 15 is 0 Å². The highest BCUT2D eigenvalue weighted by atomic mass is 35.5. The van der Waals surface area contributed by atoms with Gasteiger partial charge in [-0.2, -0.15) is 0 Å². The second kappa shape index (κ2) is 8.15. The van der Waals surface area contributed by atoms with Crippen molar-refractivity contribution >= 4 is 47.0 Å². The number of barbiturate groups is 1. The Hall–Kier alpha value is -3.65. The van der Waals surface area contributed by atoms with Crippen molar-refractivity contribution in [2.45, 2.75) is 0 Å². The molecule has 0 saturated carbocycles. The fourth-order valence-electron chi connectivity index (χ4n) is 2.76. The van der Waals surface area contributed by atoms with Gasteiger partial charge >= 0.3 is 6.03 Å². The molecule has 3 rings (SSSR count). The van der Waals surface area contributed by atoms with Gasteiger partial charge in [-0.25, -0.2) is 9.69 Å². The zero-order chi connectivity index (χ0) is 21.1. The van der Waals surface area contributed by atoms with Crippen molar-refractivity contribution in [3.05, 3.63) is 59.1 Å². The van der Waals surface area contributed by atoms with Crippen molar-refractivity contribution < 1.29 is 29.0 Å². The number of methoxy groups -OCH3 is 1. The number of aromatic hydroxyl groups is 1.